The topological polar surface area (TPSA) is 87.1 Å². The van der Waals surface area contributed by atoms with E-state index in [9.17, 15) is 4.79 Å². The first kappa shape index (κ1) is 14.8. The van der Waals surface area contributed by atoms with Gasteiger partial charge in [0.05, 0.1) is 23.5 Å². The summed E-state index contributed by atoms with van der Waals surface area (Å²) in [5.41, 5.74) is 0.646. The standard InChI is InChI=1S/C15H15N7OS/c23-15(20-11-1-3-18-19-9-11)22-6-4-21(5-7-22)13-12-2-8-24-14(12)17-10-16-13/h1-3,8-10H,4-7H2,(H,18,20,23). The molecule has 0 aromatic carbocycles. The number of hydrogen-bond donors (Lipinski definition) is 1. The first-order chi connectivity index (χ1) is 11.8. The molecular formula is C15H15N7OS. The number of nitrogens with zero attached hydrogens (tertiary/aromatic N) is 6. The van der Waals surface area contributed by atoms with E-state index >= 15 is 0 Å². The van der Waals surface area contributed by atoms with Crippen LogP contribution in [-0.2, 0) is 0 Å². The van der Waals surface area contributed by atoms with Gasteiger partial charge in [-0.1, -0.05) is 0 Å². The molecule has 1 saturated heterocycles. The molecule has 1 N–H and O–H groups in total. The fraction of sp³-hybridized carbons (Fsp3) is 0.267. The Hall–Kier alpha value is -2.81. The minimum Gasteiger partial charge on any atom is -0.352 e. The van der Waals surface area contributed by atoms with E-state index in [2.05, 4.69) is 30.4 Å². The fourth-order valence-corrected chi connectivity index (χ4v) is 3.44. The molecular weight excluding hydrogens is 326 g/mol. The maximum Gasteiger partial charge on any atom is 0.322 e. The number of carbonyl (C=O) groups is 1. The summed E-state index contributed by atoms with van der Waals surface area (Å²) in [6.45, 7) is 2.76. The first-order valence-electron chi connectivity index (χ1n) is 7.57. The Morgan fingerprint density at radius 3 is 2.79 bits per heavy atom. The average Bonchev–Trinajstić information content (AvgIpc) is 3.11. The van der Waals surface area contributed by atoms with Crippen LogP contribution in [0.3, 0.4) is 0 Å². The minimum atomic E-state index is -0.119. The molecule has 0 radical (unpaired) electrons. The van der Waals surface area contributed by atoms with E-state index in [1.807, 2.05) is 11.4 Å². The number of thiophene rings is 1. The second-order valence-corrected chi connectivity index (χ2v) is 6.27. The maximum absolute atomic E-state index is 12.3. The summed E-state index contributed by atoms with van der Waals surface area (Å²) in [6, 6.07) is 3.64. The van der Waals surface area contributed by atoms with Crippen LogP contribution in [-0.4, -0.2) is 57.3 Å². The Bertz CT molecular complexity index is 845. The summed E-state index contributed by atoms with van der Waals surface area (Å²) < 4.78 is 0. The van der Waals surface area contributed by atoms with Gasteiger partial charge in [0.2, 0.25) is 0 Å². The zero-order valence-corrected chi connectivity index (χ0v) is 13.6. The van der Waals surface area contributed by atoms with E-state index in [-0.39, 0.29) is 6.03 Å². The second kappa shape index (κ2) is 6.36. The van der Waals surface area contributed by atoms with Crippen molar-refractivity contribution in [2.24, 2.45) is 0 Å². The highest BCUT2D eigenvalue weighted by Crippen LogP contribution is 2.27. The van der Waals surface area contributed by atoms with Gasteiger partial charge in [-0.05, 0) is 17.5 Å². The molecule has 0 spiro atoms. The van der Waals surface area contributed by atoms with Crippen molar-refractivity contribution in [1.82, 2.24) is 25.1 Å². The molecule has 0 aliphatic carbocycles. The van der Waals surface area contributed by atoms with Crippen molar-refractivity contribution in [3.8, 4) is 0 Å². The molecule has 1 aliphatic heterocycles. The SMILES string of the molecule is O=C(Nc1ccnnc1)N1CCN(c2ncnc3sccc23)CC1. The number of aromatic nitrogens is 4. The van der Waals surface area contributed by atoms with Crippen LogP contribution in [0.2, 0.25) is 0 Å². The molecule has 24 heavy (non-hydrogen) atoms. The molecule has 0 unspecified atom stereocenters. The highest BCUT2D eigenvalue weighted by atomic mass is 32.1. The van der Waals surface area contributed by atoms with Gasteiger partial charge in [-0.3, -0.25) is 0 Å². The molecule has 1 fully saturated rings. The van der Waals surface area contributed by atoms with Crippen LogP contribution in [0.5, 0.6) is 0 Å². The van der Waals surface area contributed by atoms with E-state index in [0.29, 0.717) is 18.8 Å². The predicted octanol–water partition coefficient (Wildman–Crippen LogP) is 1.84. The molecule has 3 aromatic heterocycles. The third-order valence-corrected chi connectivity index (χ3v) is 4.76. The van der Waals surface area contributed by atoms with Crippen LogP contribution in [0.15, 0.2) is 36.2 Å². The molecule has 1 aliphatic rings. The number of urea groups is 1. The zero-order valence-electron chi connectivity index (χ0n) is 12.8. The van der Waals surface area contributed by atoms with Gasteiger partial charge < -0.3 is 15.1 Å². The van der Waals surface area contributed by atoms with Crippen molar-refractivity contribution in [3.05, 3.63) is 36.2 Å². The Balaban J connectivity index is 1.41. The van der Waals surface area contributed by atoms with Crippen molar-refractivity contribution < 1.29 is 4.79 Å². The van der Waals surface area contributed by atoms with Crippen LogP contribution >= 0.6 is 11.3 Å². The quantitative estimate of drug-likeness (QED) is 0.765. The number of amides is 2. The number of piperazine rings is 1. The van der Waals surface area contributed by atoms with Gasteiger partial charge in [0.1, 0.15) is 17.0 Å². The normalized spacial score (nSPS) is 14.8. The van der Waals surface area contributed by atoms with Crippen molar-refractivity contribution in [2.45, 2.75) is 0 Å². The highest BCUT2D eigenvalue weighted by molar-refractivity contribution is 7.16. The summed E-state index contributed by atoms with van der Waals surface area (Å²) in [7, 11) is 0. The number of hydrogen-bond acceptors (Lipinski definition) is 7. The summed E-state index contributed by atoms with van der Waals surface area (Å²) in [4.78, 5) is 26.0. The lowest BCUT2D eigenvalue weighted by molar-refractivity contribution is 0.208. The lowest BCUT2D eigenvalue weighted by Gasteiger charge is -2.35. The van der Waals surface area contributed by atoms with Crippen LogP contribution in [0.25, 0.3) is 10.2 Å². The van der Waals surface area contributed by atoms with E-state index in [4.69, 9.17) is 0 Å². The number of rotatable bonds is 2. The van der Waals surface area contributed by atoms with Crippen molar-refractivity contribution in [3.63, 3.8) is 0 Å². The molecule has 4 rings (SSSR count). The Morgan fingerprint density at radius 2 is 2.00 bits per heavy atom. The third-order valence-electron chi connectivity index (χ3n) is 3.94. The van der Waals surface area contributed by atoms with Crippen molar-refractivity contribution in [2.75, 3.05) is 36.4 Å². The van der Waals surface area contributed by atoms with Crippen molar-refractivity contribution >= 4 is 39.1 Å². The predicted molar refractivity (Wildman–Crippen MR) is 92.3 cm³/mol. The number of anilines is 2. The van der Waals surface area contributed by atoms with Crippen LogP contribution in [0.1, 0.15) is 0 Å². The molecule has 122 valence electrons. The van der Waals surface area contributed by atoms with E-state index in [1.165, 1.54) is 6.20 Å². The average molecular weight is 341 g/mol. The summed E-state index contributed by atoms with van der Waals surface area (Å²) in [5.74, 6) is 0.944. The lowest BCUT2D eigenvalue weighted by atomic mass is 10.3. The maximum atomic E-state index is 12.3. The molecule has 0 atom stereocenters. The van der Waals surface area contributed by atoms with Crippen molar-refractivity contribution in [1.29, 1.82) is 0 Å². The third kappa shape index (κ3) is 2.85. The van der Waals surface area contributed by atoms with Crippen LogP contribution in [0, 0.1) is 0 Å². The van der Waals surface area contributed by atoms with Gasteiger partial charge in [-0.15, -0.1) is 11.3 Å². The monoisotopic (exact) mass is 341 g/mol. The van der Waals surface area contributed by atoms with Crippen LogP contribution < -0.4 is 10.2 Å². The Kier molecular flexibility index (Phi) is 3.91. The van der Waals surface area contributed by atoms with Gasteiger partial charge in [0.25, 0.3) is 0 Å². The summed E-state index contributed by atoms with van der Waals surface area (Å²) >= 11 is 1.61. The van der Waals surface area contributed by atoms with E-state index < -0.39 is 0 Å². The Labute approximate surface area is 142 Å². The molecule has 0 bridgehead atoms. The number of carbonyl (C=O) groups excluding carboxylic acids is 1. The fourth-order valence-electron chi connectivity index (χ4n) is 2.72. The molecule has 4 heterocycles. The second-order valence-electron chi connectivity index (χ2n) is 5.37. The van der Waals surface area contributed by atoms with Gasteiger partial charge in [-0.25, -0.2) is 14.8 Å². The molecule has 8 nitrogen and oxygen atoms in total. The van der Waals surface area contributed by atoms with Gasteiger partial charge in [0.15, 0.2) is 0 Å². The molecule has 2 amide bonds. The summed E-state index contributed by atoms with van der Waals surface area (Å²) in [5, 5.41) is 13.4. The van der Waals surface area contributed by atoms with Gasteiger partial charge in [0, 0.05) is 26.2 Å². The number of nitrogens with one attached hydrogen (secondary N) is 1. The molecule has 3 aromatic rings. The number of fused-ring (bicyclic) bond motifs is 1. The Morgan fingerprint density at radius 1 is 1.12 bits per heavy atom. The van der Waals surface area contributed by atoms with E-state index in [0.717, 1.165) is 29.1 Å². The van der Waals surface area contributed by atoms with Gasteiger partial charge in [-0.2, -0.15) is 10.2 Å². The van der Waals surface area contributed by atoms with E-state index in [1.54, 1.807) is 34.8 Å². The van der Waals surface area contributed by atoms with Gasteiger partial charge >= 0.3 is 6.03 Å². The summed E-state index contributed by atoms with van der Waals surface area (Å²) in [6.07, 6.45) is 4.68. The minimum absolute atomic E-state index is 0.119. The first-order valence-corrected chi connectivity index (χ1v) is 8.45. The largest absolute Gasteiger partial charge is 0.352 e. The molecule has 0 saturated carbocycles. The lowest BCUT2D eigenvalue weighted by Crippen LogP contribution is -2.50. The zero-order chi connectivity index (χ0) is 16.4. The molecule has 9 heteroatoms. The highest BCUT2D eigenvalue weighted by Gasteiger charge is 2.23. The smallest absolute Gasteiger partial charge is 0.322 e. The van der Waals surface area contributed by atoms with Crippen LogP contribution in [0.4, 0.5) is 16.3 Å².